The molecule has 2 aromatic carbocycles. The average Bonchev–Trinajstić information content (AvgIpc) is 3.34. The molecule has 10 heteroatoms. The van der Waals surface area contributed by atoms with Gasteiger partial charge in [-0.1, -0.05) is 24.3 Å². The van der Waals surface area contributed by atoms with Gasteiger partial charge in [-0.3, -0.25) is 4.79 Å². The lowest BCUT2D eigenvalue weighted by Crippen LogP contribution is -2.31. The number of hydrogen-bond acceptors (Lipinski definition) is 6. The Morgan fingerprint density at radius 3 is 2.44 bits per heavy atom. The van der Waals surface area contributed by atoms with Crippen molar-refractivity contribution < 1.29 is 22.7 Å². The highest BCUT2D eigenvalue weighted by Crippen LogP contribution is 2.28. The number of hydrogen-bond donors (Lipinski definition) is 0. The summed E-state index contributed by atoms with van der Waals surface area (Å²) >= 11 is 0. The van der Waals surface area contributed by atoms with Crippen LogP contribution in [0, 0.1) is 13.8 Å². The van der Waals surface area contributed by atoms with E-state index in [-0.39, 0.29) is 42.8 Å². The Bertz CT molecular complexity index is 1340. The summed E-state index contributed by atoms with van der Waals surface area (Å²) in [5.74, 6) is 1.77. The van der Waals surface area contributed by atoms with Crippen LogP contribution < -0.4 is 4.74 Å². The van der Waals surface area contributed by atoms with Crippen LogP contribution in [0.4, 0.5) is 0 Å². The molecule has 39 heavy (non-hydrogen) atoms. The summed E-state index contributed by atoms with van der Waals surface area (Å²) in [6.45, 7) is 4.80. The lowest BCUT2D eigenvalue weighted by atomic mass is 10.0. The number of fused-ring (bicyclic) bond motifs is 1. The molecule has 4 rings (SSSR count). The van der Waals surface area contributed by atoms with Gasteiger partial charge in [-0.15, -0.1) is 12.4 Å². The molecule has 0 unspecified atom stereocenters. The zero-order chi connectivity index (χ0) is 27.3. The molecule has 1 aliphatic rings. The Morgan fingerprint density at radius 2 is 1.79 bits per heavy atom. The number of aromatic nitrogens is 2. The molecule has 212 valence electrons. The standard InChI is InChI=1S/C29H37N3O5S.ClH/c1-21-17-26(36-4)18-22(2)29(21)38(34,35)31(3)15-16-37-20-25(33)13-10-23-8-11-24(12-9-23)27-19-32-14-6-5-7-28(32)30-27;/h8-9,11-12,17-19H,5-7,10,13-16,20H2,1-4H3;1H. The van der Waals surface area contributed by atoms with Crippen LogP contribution in [0.1, 0.15) is 41.8 Å². The third-order valence-corrected chi connectivity index (χ3v) is 9.17. The van der Waals surface area contributed by atoms with E-state index in [4.69, 9.17) is 14.5 Å². The molecule has 1 aromatic heterocycles. The molecule has 0 spiro atoms. The SMILES string of the molecule is COc1cc(C)c(S(=O)(=O)N(C)CCOCC(=O)CCc2ccc(-c3cn4c(n3)CCCC4)cc2)c(C)c1.Cl. The summed E-state index contributed by atoms with van der Waals surface area (Å²) in [5, 5.41) is 0. The van der Waals surface area contributed by atoms with Gasteiger partial charge in [0.15, 0.2) is 5.78 Å². The topological polar surface area (TPSA) is 90.7 Å². The number of ether oxygens (including phenoxy) is 2. The van der Waals surface area contributed by atoms with E-state index in [2.05, 4.69) is 22.9 Å². The summed E-state index contributed by atoms with van der Waals surface area (Å²) in [6.07, 6.45) is 6.58. The average molecular weight is 576 g/mol. The van der Waals surface area contributed by atoms with Crippen molar-refractivity contribution in [3.63, 3.8) is 0 Å². The zero-order valence-corrected chi connectivity index (χ0v) is 24.7. The number of halogens is 1. The number of likely N-dealkylation sites (N-methyl/N-ethyl adjacent to an activating group) is 1. The van der Waals surface area contributed by atoms with E-state index in [0.29, 0.717) is 29.7 Å². The second-order valence-corrected chi connectivity index (χ2v) is 11.9. The maximum atomic E-state index is 13.1. The highest BCUT2D eigenvalue weighted by atomic mass is 35.5. The maximum absolute atomic E-state index is 13.1. The molecule has 0 radical (unpaired) electrons. The molecule has 0 bridgehead atoms. The second kappa shape index (κ2) is 13.6. The number of carbonyl (C=O) groups is 1. The van der Waals surface area contributed by atoms with Crippen LogP contribution in [-0.4, -0.2) is 62.0 Å². The molecule has 8 nitrogen and oxygen atoms in total. The van der Waals surface area contributed by atoms with E-state index in [9.17, 15) is 13.2 Å². The smallest absolute Gasteiger partial charge is 0.243 e. The van der Waals surface area contributed by atoms with Gasteiger partial charge < -0.3 is 14.0 Å². The number of imidazole rings is 1. The number of aryl methyl sites for hydroxylation is 5. The first kappa shape index (κ1) is 30.8. The van der Waals surface area contributed by atoms with Crippen LogP contribution in [-0.2, 0) is 38.9 Å². The Hall–Kier alpha value is -2.72. The Kier molecular flexibility index (Phi) is 10.7. The van der Waals surface area contributed by atoms with Gasteiger partial charge in [0, 0.05) is 44.7 Å². The van der Waals surface area contributed by atoms with Crippen LogP contribution in [0.5, 0.6) is 5.75 Å². The van der Waals surface area contributed by atoms with Crippen molar-refractivity contribution in [1.29, 1.82) is 0 Å². The largest absolute Gasteiger partial charge is 0.497 e. The van der Waals surface area contributed by atoms with Crippen LogP contribution in [0.2, 0.25) is 0 Å². The predicted octanol–water partition coefficient (Wildman–Crippen LogP) is 4.77. The van der Waals surface area contributed by atoms with E-state index < -0.39 is 10.0 Å². The summed E-state index contributed by atoms with van der Waals surface area (Å²) < 4.78 is 40.4. The Balaban J connectivity index is 0.00000420. The van der Waals surface area contributed by atoms with Crippen LogP contribution >= 0.6 is 12.4 Å². The summed E-state index contributed by atoms with van der Waals surface area (Å²) in [7, 11) is -0.618. The van der Waals surface area contributed by atoms with Gasteiger partial charge in [0.1, 0.15) is 18.2 Å². The van der Waals surface area contributed by atoms with E-state index in [1.807, 2.05) is 12.1 Å². The number of Topliss-reactive ketones (excluding diaryl/α,β-unsaturated/α-hetero) is 1. The number of benzene rings is 2. The van der Waals surface area contributed by atoms with Crippen LogP contribution in [0.15, 0.2) is 47.5 Å². The molecular formula is C29H38ClN3O5S. The Morgan fingerprint density at radius 1 is 1.10 bits per heavy atom. The van der Waals surface area contributed by atoms with E-state index in [0.717, 1.165) is 35.6 Å². The number of methoxy groups -OCH3 is 1. The zero-order valence-electron chi connectivity index (χ0n) is 23.1. The molecule has 0 saturated carbocycles. The molecule has 2 heterocycles. The maximum Gasteiger partial charge on any atom is 0.243 e. The van der Waals surface area contributed by atoms with Crippen molar-refractivity contribution in [3.05, 3.63) is 65.1 Å². The van der Waals surface area contributed by atoms with Gasteiger partial charge >= 0.3 is 0 Å². The summed E-state index contributed by atoms with van der Waals surface area (Å²) in [6, 6.07) is 11.6. The van der Waals surface area contributed by atoms with Crippen molar-refractivity contribution >= 4 is 28.2 Å². The highest BCUT2D eigenvalue weighted by molar-refractivity contribution is 7.89. The molecule has 0 amide bonds. The Labute approximate surface area is 237 Å². The third kappa shape index (κ3) is 7.48. The van der Waals surface area contributed by atoms with Crippen molar-refractivity contribution in [3.8, 4) is 17.0 Å². The van der Waals surface area contributed by atoms with Crippen molar-refractivity contribution in [2.24, 2.45) is 0 Å². The minimum Gasteiger partial charge on any atom is -0.497 e. The molecule has 1 aliphatic heterocycles. The fourth-order valence-corrected chi connectivity index (χ4v) is 6.40. The monoisotopic (exact) mass is 575 g/mol. The molecule has 0 N–H and O–H groups in total. The number of ketones is 1. The minimum absolute atomic E-state index is 0. The van der Waals surface area contributed by atoms with Gasteiger partial charge in [0.2, 0.25) is 10.0 Å². The fourth-order valence-electron chi connectivity index (χ4n) is 4.84. The first-order valence-electron chi connectivity index (χ1n) is 13.1. The lowest BCUT2D eigenvalue weighted by Gasteiger charge is -2.20. The molecular weight excluding hydrogens is 538 g/mol. The van der Waals surface area contributed by atoms with E-state index in [1.165, 1.54) is 24.2 Å². The van der Waals surface area contributed by atoms with Gasteiger partial charge in [0.05, 0.1) is 24.3 Å². The molecule has 0 aliphatic carbocycles. The fraction of sp³-hybridized carbons (Fsp3) is 0.448. The normalized spacial score (nSPS) is 13.2. The first-order chi connectivity index (χ1) is 18.2. The highest BCUT2D eigenvalue weighted by Gasteiger charge is 2.25. The summed E-state index contributed by atoms with van der Waals surface area (Å²) in [5.41, 5.74) is 4.43. The molecule has 0 fully saturated rings. The van der Waals surface area contributed by atoms with E-state index in [1.54, 1.807) is 33.1 Å². The first-order valence-corrected chi connectivity index (χ1v) is 14.5. The summed E-state index contributed by atoms with van der Waals surface area (Å²) in [4.78, 5) is 17.4. The van der Waals surface area contributed by atoms with Gasteiger partial charge in [0.25, 0.3) is 0 Å². The quantitative estimate of drug-likeness (QED) is 0.289. The van der Waals surface area contributed by atoms with E-state index >= 15 is 0 Å². The molecule has 3 aromatic rings. The van der Waals surface area contributed by atoms with Crippen molar-refractivity contribution in [1.82, 2.24) is 13.9 Å². The number of carbonyl (C=O) groups excluding carboxylic acids is 1. The minimum atomic E-state index is -3.69. The van der Waals surface area contributed by atoms with Crippen LogP contribution in [0.25, 0.3) is 11.3 Å². The van der Waals surface area contributed by atoms with Crippen molar-refractivity contribution in [2.45, 2.75) is 57.4 Å². The molecule has 0 saturated heterocycles. The number of nitrogens with zero attached hydrogens (tertiary/aromatic N) is 3. The number of rotatable bonds is 12. The van der Waals surface area contributed by atoms with Gasteiger partial charge in [-0.2, -0.15) is 4.31 Å². The van der Waals surface area contributed by atoms with Crippen LogP contribution in [0.3, 0.4) is 0 Å². The lowest BCUT2D eigenvalue weighted by molar-refractivity contribution is -0.123. The predicted molar refractivity (Wildman–Crippen MR) is 154 cm³/mol. The molecule has 0 atom stereocenters. The third-order valence-electron chi connectivity index (χ3n) is 7.00. The van der Waals surface area contributed by atoms with Gasteiger partial charge in [-0.05, 0) is 61.9 Å². The van der Waals surface area contributed by atoms with Crippen molar-refractivity contribution in [2.75, 3.05) is 33.9 Å². The second-order valence-electron chi connectivity index (χ2n) is 9.90. The van der Waals surface area contributed by atoms with Gasteiger partial charge in [-0.25, -0.2) is 13.4 Å². The number of sulfonamides is 1.